The second kappa shape index (κ2) is 6.47. The number of nitrogens with zero attached hydrogens (tertiary/aromatic N) is 3. The lowest BCUT2D eigenvalue weighted by atomic mass is 10.2. The smallest absolute Gasteiger partial charge is 0.280 e. The molecule has 0 bridgehead atoms. The Kier molecular flexibility index (Phi) is 4.97. The van der Waals surface area contributed by atoms with Crippen molar-refractivity contribution in [3.63, 3.8) is 0 Å². The molecule has 11 heteroatoms. The third kappa shape index (κ3) is 4.20. The van der Waals surface area contributed by atoms with Gasteiger partial charge in [0.15, 0.2) is 11.1 Å². The summed E-state index contributed by atoms with van der Waals surface area (Å²) >= 11 is 0.865. The summed E-state index contributed by atoms with van der Waals surface area (Å²) in [5.41, 5.74) is 9.65. The molecule has 1 aromatic rings. The van der Waals surface area contributed by atoms with Crippen LogP contribution in [-0.4, -0.2) is 21.0 Å². The lowest BCUT2D eigenvalue weighted by Crippen LogP contribution is -2.23. The van der Waals surface area contributed by atoms with Crippen molar-refractivity contribution < 1.29 is 9.85 Å². The van der Waals surface area contributed by atoms with Crippen LogP contribution in [0.4, 0.5) is 11.4 Å². The summed E-state index contributed by atoms with van der Waals surface area (Å²) in [6.07, 6.45) is 0. The maximum atomic E-state index is 10.9. The zero-order valence-electron chi connectivity index (χ0n) is 9.98. The average molecular weight is 298 g/mol. The van der Waals surface area contributed by atoms with Crippen molar-refractivity contribution >= 4 is 34.3 Å². The van der Waals surface area contributed by atoms with Gasteiger partial charge in [0, 0.05) is 17.4 Å². The van der Waals surface area contributed by atoms with Gasteiger partial charge in [0.25, 0.3) is 11.4 Å². The molecule has 0 aliphatic heterocycles. The fourth-order valence-electron chi connectivity index (χ4n) is 1.25. The Morgan fingerprint density at radius 2 is 1.95 bits per heavy atom. The Morgan fingerprint density at radius 1 is 1.30 bits per heavy atom. The van der Waals surface area contributed by atoms with E-state index in [1.54, 1.807) is 0 Å². The first-order valence-corrected chi connectivity index (χ1v) is 6.02. The van der Waals surface area contributed by atoms with Gasteiger partial charge in [0.2, 0.25) is 0 Å². The van der Waals surface area contributed by atoms with Gasteiger partial charge >= 0.3 is 0 Å². The van der Waals surface area contributed by atoms with E-state index in [4.69, 9.17) is 16.9 Å². The number of benzene rings is 1. The van der Waals surface area contributed by atoms with Crippen LogP contribution in [0.5, 0.6) is 0 Å². The van der Waals surface area contributed by atoms with Crippen LogP contribution < -0.4 is 11.5 Å². The molecule has 0 aromatic heterocycles. The van der Waals surface area contributed by atoms with E-state index < -0.39 is 9.85 Å². The van der Waals surface area contributed by atoms with E-state index in [9.17, 15) is 20.2 Å². The van der Waals surface area contributed by atoms with Crippen LogP contribution in [0.1, 0.15) is 5.56 Å². The molecule has 0 atom stereocenters. The van der Waals surface area contributed by atoms with E-state index >= 15 is 0 Å². The maximum absolute atomic E-state index is 10.9. The number of amidine groups is 1. The molecule has 0 aliphatic carbocycles. The van der Waals surface area contributed by atoms with E-state index in [-0.39, 0.29) is 33.8 Å². The van der Waals surface area contributed by atoms with Gasteiger partial charge in [-0.15, -0.1) is 0 Å². The fraction of sp³-hybridized carbons (Fsp3) is 0.111. The molecule has 10 nitrogen and oxygen atoms in total. The molecule has 0 amide bonds. The molecule has 1 rings (SSSR count). The third-order valence-corrected chi connectivity index (χ3v) is 2.89. The Hall–Kier alpha value is -2.69. The van der Waals surface area contributed by atoms with E-state index in [0.717, 1.165) is 23.9 Å². The Balaban J connectivity index is 2.95. The highest BCUT2D eigenvalue weighted by atomic mass is 32.2. The molecule has 106 valence electrons. The second-order valence-corrected chi connectivity index (χ2v) is 4.42. The predicted octanol–water partition coefficient (Wildman–Crippen LogP) is 0.944. The summed E-state index contributed by atoms with van der Waals surface area (Å²) in [4.78, 5) is 23.5. The molecule has 0 aliphatic rings. The zero-order chi connectivity index (χ0) is 15.3. The Bertz CT molecular complexity index is 598. The standard InChI is InChI=1S/C9H10N6O4S/c10-8(11)13-9(12)20-4-5-1-2-6(14(16)17)3-7(5)15(18)19/h1-3H,4H2,(H5,10,11,12,13). The molecule has 0 saturated carbocycles. The van der Waals surface area contributed by atoms with E-state index in [1.807, 2.05) is 0 Å². The number of nitro groups is 2. The van der Waals surface area contributed by atoms with Crippen molar-refractivity contribution in [2.75, 3.05) is 0 Å². The van der Waals surface area contributed by atoms with Gasteiger partial charge in [-0.1, -0.05) is 11.8 Å². The monoisotopic (exact) mass is 298 g/mol. The van der Waals surface area contributed by atoms with Gasteiger partial charge in [-0.3, -0.25) is 25.6 Å². The summed E-state index contributed by atoms with van der Waals surface area (Å²) in [5, 5.41) is 28.6. The Labute approximate surface area is 116 Å². The van der Waals surface area contributed by atoms with Crippen LogP contribution in [0.3, 0.4) is 0 Å². The Morgan fingerprint density at radius 3 is 2.45 bits per heavy atom. The average Bonchev–Trinajstić information content (AvgIpc) is 2.35. The van der Waals surface area contributed by atoms with Gasteiger partial charge in [-0.05, 0) is 6.07 Å². The number of thioether (sulfide) groups is 1. The number of hydrogen-bond acceptors (Lipinski definition) is 6. The highest BCUT2D eigenvalue weighted by molar-refractivity contribution is 8.13. The van der Waals surface area contributed by atoms with Crippen molar-refractivity contribution in [1.29, 1.82) is 5.41 Å². The maximum Gasteiger partial charge on any atom is 0.280 e. The molecule has 0 fully saturated rings. The third-order valence-electron chi connectivity index (χ3n) is 2.07. The quantitative estimate of drug-likeness (QED) is 0.320. The molecule has 1 aromatic carbocycles. The molecule has 0 heterocycles. The van der Waals surface area contributed by atoms with Gasteiger partial charge in [-0.25, -0.2) is 0 Å². The topological polar surface area (TPSA) is 175 Å². The number of hydrogen-bond donors (Lipinski definition) is 3. The summed E-state index contributed by atoms with van der Waals surface area (Å²) < 4.78 is 0. The number of non-ortho nitro benzene ring substituents is 1. The lowest BCUT2D eigenvalue weighted by Gasteiger charge is -2.02. The first kappa shape index (κ1) is 15.4. The summed E-state index contributed by atoms with van der Waals surface area (Å²) in [6.45, 7) is 0. The number of rotatable bonds is 4. The first-order valence-electron chi connectivity index (χ1n) is 5.04. The van der Waals surface area contributed by atoms with Crippen molar-refractivity contribution in [2.24, 2.45) is 16.5 Å². The highest BCUT2D eigenvalue weighted by Crippen LogP contribution is 2.28. The molecule has 0 radical (unpaired) electrons. The number of aliphatic imine (C=N–C) groups is 1. The van der Waals surface area contributed by atoms with Crippen molar-refractivity contribution in [2.45, 2.75) is 5.75 Å². The van der Waals surface area contributed by atoms with Crippen LogP contribution in [0.15, 0.2) is 23.2 Å². The van der Waals surface area contributed by atoms with Gasteiger partial charge < -0.3 is 11.5 Å². The number of guanidine groups is 1. The van der Waals surface area contributed by atoms with Crippen molar-refractivity contribution in [3.05, 3.63) is 44.0 Å². The van der Waals surface area contributed by atoms with Crippen LogP contribution in [0.25, 0.3) is 0 Å². The minimum Gasteiger partial charge on any atom is -0.370 e. The van der Waals surface area contributed by atoms with Gasteiger partial charge in [0.1, 0.15) is 0 Å². The van der Waals surface area contributed by atoms with Crippen LogP contribution in [0.2, 0.25) is 0 Å². The molecular weight excluding hydrogens is 288 g/mol. The van der Waals surface area contributed by atoms with Crippen LogP contribution in [-0.2, 0) is 5.75 Å². The number of nitrogens with two attached hydrogens (primary N) is 2. The van der Waals surface area contributed by atoms with E-state index in [0.29, 0.717) is 0 Å². The summed E-state index contributed by atoms with van der Waals surface area (Å²) in [6, 6.07) is 3.30. The minimum absolute atomic E-state index is 0.0456. The molecule has 0 spiro atoms. The van der Waals surface area contributed by atoms with Crippen molar-refractivity contribution in [3.8, 4) is 0 Å². The summed E-state index contributed by atoms with van der Waals surface area (Å²) in [5.74, 6) is -0.245. The molecular formula is C9H10N6O4S. The second-order valence-electron chi connectivity index (χ2n) is 3.46. The minimum atomic E-state index is -0.717. The van der Waals surface area contributed by atoms with Crippen LogP contribution in [0, 0.1) is 25.6 Å². The van der Waals surface area contributed by atoms with E-state index in [2.05, 4.69) is 4.99 Å². The SMILES string of the molecule is N=C(N=C(N)N)SCc1ccc([N+](=O)[O-])cc1[N+](=O)[O-]. The van der Waals surface area contributed by atoms with Gasteiger partial charge in [0.05, 0.1) is 15.9 Å². The lowest BCUT2D eigenvalue weighted by molar-refractivity contribution is -0.394. The van der Waals surface area contributed by atoms with Gasteiger partial charge in [-0.2, -0.15) is 4.99 Å². The normalized spacial score (nSPS) is 9.80. The predicted molar refractivity (Wildman–Crippen MR) is 74.6 cm³/mol. The summed E-state index contributed by atoms with van der Waals surface area (Å²) in [7, 11) is 0. The molecule has 0 unspecified atom stereocenters. The molecule has 0 saturated heterocycles. The molecule has 20 heavy (non-hydrogen) atoms. The van der Waals surface area contributed by atoms with E-state index in [1.165, 1.54) is 6.07 Å². The fourth-order valence-corrected chi connectivity index (χ4v) is 1.96. The van der Waals surface area contributed by atoms with Crippen molar-refractivity contribution in [1.82, 2.24) is 0 Å². The first-order chi connectivity index (χ1) is 9.31. The number of nitrogens with one attached hydrogen (secondary N) is 1. The zero-order valence-corrected chi connectivity index (χ0v) is 10.8. The highest BCUT2D eigenvalue weighted by Gasteiger charge is 2.19. The molecule has 5 N–H and O–H groups in total. The largest absolute Gasteiger partial charge is 0.370 e. The van der Waals surface area contributed by atoms with Crippen LogP contribution >= 0.6 is 11.8 Å². The number of nitro benzene ring substituents is 2.